The lowest BCUT2D eigenvalue weighted by Gasteiger charge is -2.20. The van der Waals surface area contributed by atoms with E-state index in [0.717, 1.165) is 5.57 Å². The highest BCUT2D eigenvalue weighted by Crippen LogP contribution is 2.29. The molecule has 0 unspecified atom stereocenters. The first-order valence-electron chi connectivity index (χ1n) is 5.64. The summed E-state index contributed by atoms with van der Waals surface area (Å²) in [6.45, 7) is 12.7. The third-order valence-corrected chi connectivity index (χ3v) is 2.96. The molecule has 0 atom stereocenters. The molecular formula is C15H18O2. The van der Waals surface area contributed by atoms with Crippen LogP contribution in [0.3, 0.4) is 0 Å². The molecule has 0 bridgehead atoms. The average molecular weight is 230 g/mol. The molecule has 2 nitrogen and oxygen atoms in total. The first-order valence-corrected chi connectivity index (χ1v) is 5.64. The van der Waals surface area contributed by atoms with Crippen LogP contribution in [0.5, 0.6) is 0 Å². The zero-order valence-corrected chi connectivity index (χ0v) is 10.7. The molecular weight excluding hydrogens is 212 g/mol. The predicted octanol–water partition coefficient (Wildman–Crippen LogP) is 3.31. The lowest BCUT2D eigenvalue weighted by atomic mass is 9.82. The summed E-state index contributed by atoms with van der Waals surface area (Å²) in [5.41, 5.74) is 3.16. The highest BCUT2D eigenvalue weighted by Gasteiger charge is 2.28. The van der Waals surface area contributed by atoms with E-state index < -0.39 is 0 Å². The second-order valence-electron chi connectivity index (χ2n) is 4.49. The monoisotopic (exact) mass is 230 g/mol. The summed E-state index contributed by atoms with van der Waals surface area (Å²) < 4.78 is 0. The number of hydrogen-bond acceptors (Lipinski definition) is 2. The zero-order chi connectivity index (χ0) is 13.2. The number of carbonyl (C=O) groups excluding carboxylic acids is 2. The van der Waals surface area contributed by atoms with Gasteiger partial charge in [0.05, 0.1) is 0 Å². The standard InChI is InChI=1S/C15H18O2/c1-6-7-12-10(4)14(16)11(5)13(15(12)17)8-9(2)3/h6H,1-2,7-8H2,3-5H3. The molecule has 0 heterocycles. The van der Waals surface area contributed by atoms with Crippen molar-refractivity contribution in [2.24, 2.45) is 0 Å². The van der Waals surface area contributed by atoms with E-state index >= 15 is 0 Å². The molecule has 17 heavy (non-hydrogen) atoms. The van der Waals surface area contributed by atoms with Crippen LogP contribution in [0.25, 0.3) is 0 Å². The normalized spacial score (nSPS) is 16.6. The fraction of sp³-hybridized carbons (Fsp3) is 0.333. The van der Waals surface area contributed by atoms with Crippen LogP contribution in [0.4, 0.5) is 0 Å². The molecule has 0 spiro atoms. The summed E-state index contributed by atoms with van der Waals surface area (Å²) in [4.78, 5) is 24.3. The molecule has 0 saturated carbocycles. The summed E-state index contributed by atoms with van der Waals surface area (Å²) in [6, 6.07) is 0. The number of ketones is 2. The fourth-order valence-electron chi connectivity index (χ4n) is 1.98. The molecule has 0 fully saturated rings. The van der Waals surface area contributed by atoms with E-state index in [0.29, 0.717) is 35.1 Å². The van der Waals surface area contributed by atoms with Gasteiger partial charge in [0.1, 0.15) is 0 Å². The van der Waals surface area contributed by atoms with Crippen LogP contribution >= 0.6 is 0 Å². The van der Waals surface area contributed by atoms with Crippen LogP contribution in [0.15, 0.2) is 47.1 Å². The Kier molecular flexibility index (Phi) is 4.00. The van der Waals surface area contributed by atoms with Crippen molar-refractivity contribution in [3.8, 4) is 0 Å². The minimum absolute atomic E-state index is 0.0255. The van der Waals surface area contributed by atoms with Crippen molar-refractivity contribution >= 4 is 11.6 Å². The summed E-state index contributed by atoms with van der Waals surface area (Å²) in [7, 11) is 0. The molecule has 0 aromatic carbocycles. The van der Waals surface area contributed by atoms with Crippen LogP contribution < -0.4 is 0 Å². The minimum Gasteiger partial charge on any atom is -0.289 e. The summed E-state index contributed by atoms with van der Waals surface area (Å²) in [5.74, 6) is -0.0554. The van der Waals surface area contributed by atoms with Crippen molar-refractivity contribution in [3.63, 3.8) is 0 Å². The minimum atomic E-state index is -0.0299. The number of hydrogen-bond donors (Lipinski definition) is 0. The molecule has 0 saturated heterocycles. The van der Waals surface area contributed by atoms with Crippen molar-refractivity contribution in [3.05, 3.63) is 47.1 Å². The van der Waals surface area contributed by atoms with Gasteiger partial charge in [-0.25, -0.2) is 0 Å². The Morgan fingerprint density at radius 2 is 1.65 bits per heavy atom. The van der Waals surface area contributed by atoms with Gasteiger partial charge in [0.15, 0.2) is 11.6 Å². The van der Waals surface area contributed by atoms with E-state index in [9.17, 15) is 9.59 Å². The number of Topliss-reactive ketones (excluding diaryl/α,β-unsaturated/α-hetero) is 2. The van der Waals surface area contributed by atoms with Gasteiger partial charge in [-0.05, 0) is 33.6 Å². The topological polar surface area (TPSA) is 34.1 Å². The van der Waals surface area contributed by atoms with Crippen LogP contribution in [0, 0.1) is 0 Å². The Morgan fingerprint density at radius 3 is 2.12 bits per heavy atom. The molecule has 0 aromatic heterocycles. The molecule has 1 aliphatic carbocycles. The second-order valence-corrected chi connectivity index (χ2v) is 4.49. The van der Waals surface area contributed by atoms with Crippen molar-refractivity contribution in [1.82, 2.24) is 0 Å². The van der Waals surface area contributed by atoms with Gasteiger partial charge in [-0.2, -0.15) is 0 Å². The average Bonchev–Trinajstić information content (AvgIpc) is 2.27. The Bertz CT molecular complexity index is 473. The first-order chi connectivity index (χ1) is 7.90. The lowest BCUT2D eigenvalue weighted by molar-refractivity contribution is -0.116. The second kappa shape index (κ2) is 5.09. The van der Waals surface area contributed by atoms with Gasteiger partial charge in [-0.15, -0.1) is 6.58 Å². The summed E-state index contributed by atoms with van der Waals surface area (Å²) in [5, 5.41) is 0. The van der Waals surface area contributed by atoms with Crippen molar-refractivity contribution in [2.75, 3.05) is 0 Å². The van der Waals surface area contributed by atoms with Gasteiger partial charge in [-0.1, -0.05) is 18.2 Å². The maximum Gasteiger partial charge on any atom is 0.186 e. The third-order valence-electron chi connectivity index (χ3n) is 2.96. The Hall–Kier alpha value is -1.70. The Morgan fingerprint density at radius 1 is 1.12 bits per heavy atom. The van der Waals surface area contributed by atoms with E-state index in [2.05, 4.69) is 13.2 Å². The molecule has 0 radical (unpaired) electrons. The van der Waals surface area contributed by atoms with Gasteiger partial charge in [-0.3, -0.25) is 9.59 Å². The fourth-order valence-corrected chi connectivity index (χ4v) is 1.98. The zero-order valence-electron chi connectivity index (χ0n) is 10.7. The Labute approximate surface area is 102 Å². The van der Waals surface area contributed by atoms with E-state index in [1.165, 1.54) is 0 Å². The van der Waals surface area contributed by atoms with Crippen LogP contribution in [-0.4, -0.2) is 11.6 Å². The Balaban J connectivity index is 3.25. The third kappa shape index (κ3) is 2.52. The molecule has 1 rings (SSSR count). The SMILES string of the molecule is C=CCC1=C(C)C(=O)C(C)=C(CC(=C)C)C1=O. The van der Waals surface area contributed by atoms with Gasteiger partial charge in [0.25, 0.3) is 0 Å². The molecule has 2 heteroatoms. The van der Waals surface area contributed by atoms with Crippen LogP contribution in [0.2, 0.25) is 0 Å². The van der Waals surface area contributed by atoms with Gasteiger partial charge in [0.2, 0.25) is 0 Å². The molecule has 90 valence electrons. The van der Waals surface area contributed by atoms with Crippen molar-refractivity contribution < 1.29 is 9.59 Å². The quantitative estimate of drug-likeness (QED) is 0.548. The van der Waals surface area contributed by atoms with E-state index in [-0.39, 0.29) is 11.6 Å². The van der Waals surface area contributed by atoms with Crippen LogP contribution in [-0.2, 0) is 9.59 Å². The summed E-state index contributed by atoms with van der Waals surface area (Å²) in [6.07, 6.45) is 2.58. The highest BCUT2D eigenvalue weighted by molar-refractivity contribution is 6.25. The molecule has 1 aliphatic rings. The first kappa shape index (κ1) is 13.4. The molecule has 0 aromatic rings. The van der Waals surface area contributed by atoms with Gasteiger partial charge >= 0.3 is 0 Å². The van der Waals surface area contributed by atoms with Gasteiger partial charge in [0, 0.05) is 22.3 Å². The summed E-state index contributed by atoms with van der Waals surface area (Å²) >= 11 is 0. The van der Waals surface area contributed by atoms with Gasteiger partial charge < -0.3 is 0 Å². The number of rotatable bonds is 4. The number of allylic oxidation sites excluding steroid dienone is 6. The van der Waals surface area contributed by atoms with E-state index in [1.807, 2.05) is 6.92 Å². The largest absolute Gasteiger partial charge is 0.289 e. The van der Waals surface area contributed by atoms with E-state index in [4.69, 9.17) is 0 Å². The smallest absolute Gasteiger partial charge is 0.186 e. The van der Waals surface area contributed by atoms with E-state index in [1.54, 1.807) is 19.9 Å². The molecule has 0 amide bonds. The van der Waals surface area contributed by atoms with Crippen LogP contribution in [0.1, 0.15) is 33.6 Å². The lowest BCUT2D eigenvalue weighted by Crippen LogP contribution is -2.22. The highest BCUT2D eigenvalue weighted by atomic mass is 16.1. The molecule has 0 N–H and O–H groups in total. The molecule has 0 aliphatic heterocycles. The maximum absolute atomic E-state index is 12.3. The maximum atomic E-state index is 12.3. The van der Waals surface area contributed by atoms with Crippen molar-refractivity contribution in [1.29, 1.82) is 0 Å². The van der Waals surface area contributed by atoms with Crippen molar-refractivity contribution in [2.45, 2.75) is 33.6 Å². The number of carbonyl (C=O) groups is 2. The predicted molar refractivity (Wildman–Crippen MR) is 69.7 cm³/mol.